The first-order valence-electron chi connectivity index (χ1n) is 9.82. The minimum atomic E-state index is -4.41. The standard InChI is InChI=1S/2C9H13NO.C3H7NO2.CH4O4S/c2*1-10(2,3)8-5-4-6-9(11)7-8;1-4(2)3(5)6;1-5-6(2,3)4/h2*4-7H,1-3H3;1-2H3,(H,5,6);1H3,(H,2,3,4). The predicted octanol–water partition coefficient (Wildman–Crippen LogP) is 1.16. The van der Waals surface area contributed by atoms with Gasteiger partial charge in [-0.1, -0.05) is 12.1 Å². The van der Waals surface area contributed by atoms with Gasteiger partial charge in [-0.25, -0.2) is 8.42 Å². The molecule has 0 heterocycles. The normalized spacial score (nSPS) is 10.9. The number of phenolic OH excluding ortho intramolecular Hbond substituents is 2. The fourth-order valence-electron chi connectivity index (χ4n) is 1.82. The van der Waals surface area contributed by atoms with Gasteiger partial charge in [-0.15, -0.1) is 0 Å². The maximum atomic E-state index is 9.51. The quantitative estimate of drug-likeness (QED) is 0.360. The Morgan fingerprint density at radius 2 is 1.12 bits per heavy atom. The van der Waals surface area contributed by atoms with E-state index in [0.29, 0.717) is 11.5 Å². The summed E-state index contributed by atoms with van der Waals surface area (Å²) in [6.07, 6.45) is -1.16. The van der Waals surface area contributed by atoms with Crippen LogP contribution >= 0.6 is 0 Å². The van der Waals surface area contributed by atoms with Crippen LogP contribution in [-0.2, 0) is 14.6 Å². The Morgan fingerprint density at radius 3 is 1.24 bits per heavy atom. The summed E-state index contributed by atoms with van der Waals surface area (Å²) in [4.78, 5) is 10.5. The fourth-order valence-corrected chi connectivity index (χ4v) is 1.82. The van der Waals surface area contributed by atoms with Crippen molar-refractivity contribution in [1.29, 1.82) is 0 Å². The Balaban J connectivity index is 0. The Bertz CT molecular complexity index is 927. The third kappa shape index (κ3) is 17.6. The first-order valence-corrected chi connectivity index (χ1v) is 11.2. The van der Waals surface area contributed by atoms with Crippen LogP contribution in [0.4, 0.5) is 16.2 Å². The zero-order chi connectivity index (χ0) is 27.3. The van der Waals surface area contributed by atoms with E-state index in [-0.39, 0.29) is 0 Å². The Kier molecular flexibility index (Phi) is 14.1. The molecule has 0 aliphatic carbocycles. The highest BCUT2D eigenvalue weighted by molar-refractivity contribution is 7.80. The van der Waals surface area contributed by atoms with E-state index in [1.165, 1.54) is 14.1 Å². The van der Waals surface area contributed by atoms with Crippen molar-refractivity contribution in [2.45, 2.75) is 0 Å². The number of aromatic hydroxyl groups is 2. The number of carbonyl (C=O) groups is 1. The minimum Gasteiger partial charge on any atom is -0.726 e. The van der Waals surface area contributed by atoms with Crippen molar-refractivity contribution in [2.24, 2.45) is 0 Å². The lowest BCUT2D eigenvalue weighted by Crippen LogP contribution is -2.35. The number of amides is 1. The molecule has 2 aromatic rings. The van der Waals surface area contributed by atoms with Crippen LogP contribution in [0.3, 0.4) is 0 Å². The molecular formula is C22H37N3O8S. The van der Waals surface area contributed by atoms with E-state index >= 15 is 0 Å². The summed E-state index contributed by atoms with van der Waals surface area (Å²) < 4.78 is 32.5. The molecule has 0 radical (unpaired) electrons. The molecule has 11 nitrogen and oxygen atoms in total. The van der Waals surface area contributed by atoms with Crippen molar-refractivity contribution in [3.05, 3.63) is 48.5 Å². The van der Waals surface area contributed by atoms with E-state index in [9.17, 15) is 22.9 Å². The van der Waals surface area contributed by atoms with Crippen LogP contribution < -0.4 is 14.1 Å². The number of rotatable bonds is 3. The summed E-state index contributed by atoms with van der Waals surface area (Å²) in [5, 5.41) is 27.8. The van der Waals surface area contributed by atoms with Gasteiger partial charge < -0.3 is 29.6 Å². The molecule has 12 heteroatoms. The van der Waals surface area contributed by atoms with Gasteiger partial charge in [0.25, 0.3) is 0 Å². The van der Waals surface area contributed by atoms with Crippen molar-refractivity contribution >= 4 is 27.9 Å². The molecule has 34 heavy (non-hydrogen) atoms. The average Bonchev–Trinajstić information content (AvgIpc) is 2.67. The van der Waals surface area contributed by atoms with Crippen LogP contribution in [-0.4, -0.2) is 97.7 Å². The SMILES string of the molecule is CN(C)C(=O)[O-].COS(=O)(=O)[O-].C[N+](C)(C)c1cccc(O)c1.C[N+](C)(C)c1cccc(O)c1. The monoisotopic (exact) mass is 503 g/mol. The van der Waals surface area contributed by atoms with Gasteiger partial charge in [0.1, 0.15) is 29.0 Å². The van der Waals surface area contributed by atoms with E-state index in [2.05, 4.69) is 46.5 Å². The summed E-state index contributed by atoms with van der Waals surface area (Å²) >= 11 is 0. The predicted molar refractivity (Wildman–Crippen MR) is 131 cm³/mol. The molecule has 2 N–H and O–H groups in total. The largest absolute Gasteiger partial charge is 0.726 e. The maximum absolute atomic E-state index is 9.51. The first kappa shape index (κ1) is 33.3. The van der Waals surface area contributed by atoms with Crippen LogP contribution in [0, 0.1) is 0 Å². The van der Waals surface area contributed by atoms with Crippen molar-refractivity contribution < 1.29 is 37.3 Å². The second-order valence-corrected chi connectivity index (χ2v) is 9.95. The van der Waals surface area contributed by atoms with Gasteiger partial charge in [0.15, 0.2) is 0 Å². The van der Waals surface area contributed by atoms with E-state index in [1.54, 1.807) is 24.3 Å². The third-order valence-corrected chi connectivity index (χ3v) is 4.19. The minimum absolute atomic E-state index is 0.329. The molecule has 2 rings (SSSR count). The molecular weight excluding hydrogens is 466 g/mol. The molecule has 0 unspecified atom stereocenters. The van der Waals surface area contributed by atoms with Crippen molar-refractivity contribution in [1.82, 2.24) is 13.9 Å². The van der Waals surface area contributed by atoms with Gasteiger partial charge in [0.2, 0.25) is 10.4 Å². The van der Waals surface area contributed by atoms with E-state index in [1.807, 2.05) is 24.3 Å². The molecule has 0 saturated carbocycles. The number of quaternary nitrogens is 2. The highest BCUT2D eigenvalue weighted by Crippen LogP contribution is 2.22. The third-order valence-electron chi connectivity index (χ3n) is 3.78. The summed E-state index contributed by atoms with van der Waals surface area (Å²) in [6.45, 7) is 0. The summed E-state index contributed by atoms with van der Waals surface area (Å²) in [5.74, 6) is 0.658. The summed E-state index contributed by atoms with van der Waals surface area (Å²) in [7, 11) is 11.6. The van der Waals surface area contributed by atoms with E-state index in [4.69, 9.17) is 10.2 Å². The van der Waals surface area contributed by atoms with Gasteiger partial charge in [0, 0.05) is 26.2 Å². The van der Waals surface area contributed by atoms with Gasteiger partial charge in [-0.3, -0.25) is 13.1 Å². The molecule has 0 saturated heterocycles. The zero-order valence-electron chi connectivity index (χ0n) is 21.2. The molecule has 0 atom stereocenters. The second-order valence-electron chi connectivity index (χ2n) is 8.80. The molecule has 0 aliphatic rings. The molecule has 194 valence electrons. The lowest BCUT2D eigenvalue weighted by atomic mass is 10.2. The van der Waals surface area contributed by atoms with Crippen molar-refractivity contribution in [3.63, 3.8) is 0 Å². The van der Waals surface area contributed by atoms with Crippen molar-refractivity contribution in [2.75, 3.05) is 63.5 Å². The Morgan fingerprint density at radius 1 is 0.853 bits per heavy atom. The lowest BCUT2D eigenvalue weighted by molar-refractivity contribution is -0.262. The highest BCUT2D eigenvalue weighted by Gasteiger charge is 2.12. The zero-order valence-corrected chi connectivity index (χ0v) is 22.0. The molecule has 0 aliphatic heterocycles. The lowest BCUT2D eigenvalue weighted by Gasteiger charge is -2.23. The number of benzene rings is 2. The van der Waals surface area contributed by atoms with Gasteiger partial charge in [-0.05, 0) is 24.3 Å². The maximum Gasteiger partial charge on any atom is 0.217 e. The second kappa shape index (κ2) is 14.4. The van der Waals surface area contributed by atoms with Crippen molar-refractivity contribution in [3.8, 4) is 11.5 Å². The number of hydrogen-bond donors (Lipinski definition) is 2. The topological polar surface area (TPSA) is 150 Å². The first-order chi connectivity index (χ1) is 15.2. The van der Waals surface area contributed by atoms with Gasteiger partial charge >= 0.3 is 0 Å². The molecule has 0 aromatic heterocycles. The highest BCUT2D eigenvalue weighted by atomic mass is 32.3. The summed E-state index contributed by atoms with van der Waals surface area (Å²) in [5.41, 5.74) is 2.20. The Labute approximate surface area is 202 Å². The number of carboxylic acid groups (broad SMARTS) is 1. The van der Waals surface area contributed by atoms with Crippen LogP contribution in [0.2, 0.25) is 0 Å². The number of carbonyl (C=O) groups excluding carboxylic acids is 1. The molecule has 0 fully saturated rings. The Hall–Kier alpha value is -2.90. The molecule has 1 amide bonds. The molecule has 2 aromatic carbocycles. The number of nitrogens with zero attached hydrogens (tertiary/aromatic N) is 3. The fraction of sp³-hybridized carbons (Fsp3) is 0.409. The molecule has 0 bridgehead atoms. The summed E-state index contributed by atoms with van der Waals surface area (Å²) in [6, 6.07) is 14.6. The van der Waals surface area contributed by atoms with Crippen LogP contribution in [0.5, 0.6) is 11.5 Å². The van der Waals surface area contributed by atoms with Crippen LogP contribution in [0.1, 0.15) is 0 Å². The van der Waals surface area contributed by atoms with Gasteiger partial charge in [-0.2, -0.15) is 0 Å². The van der Waals surface area contributed by atoms with Gasteiger partial charge in [0.05, 0.1) is 49.4 Å². The van der Waals surface area contributed by atoms with Crippen LogP contribution in [0.15, 0.2) is 48.5 Å². The molecule has 0 spiro atoms. The van der Waals surface area contributed by atoms with Crippen LogP contribution in [0.25, 0.3) is 0 Å². The van der Waals surface area contributed by atoms with E-state index < -0.39 is 16.5 Å². The number of hydrogen-bond acceptors (Lipinski definition) is 8. The number of phenols is 2. The van der Waals surface area contributed by atoms with E-state index in [0.717, 1.165) is 32.4 Å². The smallest absolute Gasteiger partial charge is 0.217 e. The average molecular weight is 504 g/mol.